The van der Waals surface area contributed by atoms with E-state index in [2.05, 4.69) is 15.3 Å². The first kappa shape index (κ1) is 19.1. The maximum atomic E-state index is 12.3. The Kier molecular flexibility index (Phi) is 5.51. The van der Waals surface area contributed by atoms with Crippen LogP contribution in [0.1, 0.15) is 37.1 Å². The molecular formula is C23H24N4O2. The number of aryl methyl sites for hydroxylation is 1. The predicted octanol–water partition coefficient (Wildman–Crippen LogP) is 3.82. The Bertz CT molecular complexity index is 1010. The Morgan fingerprint density at radius 2 is 2.03 bits per heavy atom. The summed E-state index contributed by atoms with van der Waals surface area (Å²) in [4.78, 5) is 36.5. The Labute approximate surface area is 169 Å². The van der Waals surface area contributed by atoms with E-state index in [1.54, 1.807) is 6.20 Å². The fourth-order valence-electron chi connectivity index (χ4n) is 3.70. The number of hydrogen-bond acceptors (Lipinski definition) is 4. The molecule has 6 nitrogen and oxygen atoms in total. The third-order valence-electron chi connectivity index (χ3n) is 5.31. The summed E-state index contributed by atoms with van der Waals surface area (Å²) < 4.78 is 0. The van der Waals surface area contributed by atoms with Crippen molar-refractivity contribution < 1.29 is 9.59 Å². The van der Waals surface area contributed by atoms with Crippen molar-refractivity contribution in [2.24, 2.45) is 5.92 Å². The summed E-state index contributed by atoms with van der Waals surface area (Å²) in [6, 6.07) is 13.9. The van der Waals surface area contributed by atoms with Gasteiger partial charge in [-0.2, -0.15) is 0 Å². The standard InChI is InChI=1S/C23H24N4O2/c1-15-8-10-16(11-9-15)22-23(18-6-2-3-12-24-18)27-20(26-22)14-25-21(29)13-17-5-4-7-19(17)28/h2-3,6,8-12,17H,4-5,7,13-14H2,1H3,(H,25,29)(H,26,27)/t17-/m1/s1. The smallest absolute Gasteiger partial charge is 0.221 e. The van der Waals surface area contributed by atoms with Gasteiger partial charge in [-0.3, -0.25) is 14.6 Å². The van der Waals surface area contributed by atoms with E-state index in [-0.39, 0.29) is 30.6 Å². The number of amides is 1. The molecule has 1 saturated carbocycles. The second-order valence-electron chi connectivity index (χ2n) is 7.52. The molecule has 6 heteroatoms. The van der Waals surface area contributed by atoms with Gasteiger partial charge in [-0.25, -0.2) is 4.98 Å². The summed E-state index contributed by atoms with van der Waals surface area (Å²) in [5.41, 5.74) is 4.59. The van der Waals surface area contributed by atoms with E-state index in [4.69, 9.17) is 4.98 Å². The van der Waals surface area contributed by atoms with Gasteiger partial charge in [0.25, 0.3) is 0 Å². The average Bonchev–Trinajstić information content (AvgIpc) is 3.34. The molecular weight excluding hydrogens is 364 g/mol. The number of aromatic amines is 1. The molecule has 29 heavy (non-hydrogen) atoms. The van der Waals surface area contributed by atoms with Crippen molar-refractivity contribution in [3.63, 3.8) is 0 Å². The molecule has 2 aromatic heterocycles. The molecule has 0 saturated heterocycles. The first-order valence-corrected chi connectivity index (χ1v) is 9.97. The van der Waals surface area contributed by atoms with Crippen LogP contribution in [-0.2, 0) is 16.1 Å². The predicted molar refractivity (Wildman–Crippen MR) is 111 cm³/mol. The van der Waals surface area contributed by atoms with E-state index in [9.17, 15) is 9.59 Å². The summed E-state index contributed by atoms with van der Waals surface area (Å²) in [7, 11) is 0. The lowest BCUT2D eigenvalue weighted by Crippen LogP contribution is -2.26. The van der Waals surface area contributed by atoms with Gasteiger partial charge in [0.1, 0.15) is 11.6 Å². The van der Waals surface area contributed by atoms with Crippen LogP contribution in [0.25, 0.3) is 22.6 Å². The number of carbonyl (C=O) groups is 2. The average molecular weight is 388 g/mol. The number of H-pyrrole nitrogens is 1. The molecule has 2 heterocycles. The Hall–Kier alpha value is -3.28. The summed E-state index contributed by atoms with van der Waals surface area (Å²) in [6.07, 6.45) is 4.31. The molecule has 2 N–H and O–H groups in total. The Balaban J connectivity index is 1.54. The van der Waals surface area contributed by atoms with Crippen molar-refractivity contribution in [3.05, 3.63) is 60.0 Å². The minimum atomic E-state index is -0.126. The normalized spacial score (nSPS) is 16.2. The van der Waals surface area contributed by atoms with Crippen LogP contribution in [-0.4, -0.2) is 26.6 Å². The van der Waals surface area contributed by atoms with Crippen LogP contribution < -0.4 is 5.32 Å². The van der Waals surface area contributed by atoms with E-state index in [0.29, 0.717) is 12.2 Å². The molecule has 0 spiro atoms. The molecule has 0 unspecified atom stereocenters. The maximum absolute atomic E-state index is 12.3. The molecule has 148 valence electrons. The van der Waals surface area contributed by atoms with Gasteiger partial charge in [-0.15, -0.1) is 0 Å². The van der Waals surface area contributed by atoms with Gasteiger partial charge in [-0.1, -0.05) is 35.9 Å². The molecule has 1 fully saturated rings. The number of rotatable bonds is 6. The van der Waals surface area contributed by atoms with Crippen LogP contribution in [0.3, 0.4) is 0 Å². The maximum Gasteiger partial charge on any atom is 0.221 e. The van der Waals surface area contributed by atoms with Crippen molar-refractivity contribution in [2.75, 3.05) is 0 Å². The number of aromatic nitrogens is 3. The lowest BCUT2D eigenvalue weighted by Gasteiger charge is -2.07. The second-order valence-corrected chi connectivity index (χ2v) is 7.52. The highest BCUT2D eigenvalue weighted by Crippen LogP contribution is 2.29. The zero-order chi connectivity index (χ0) is 20.2. The van der Waals surface area contributed by atoms with Crippen molar-refractivity contribution in [1.29, 1.82) is 0 Å². The van der Waals surface area contributed by atoms with E-state index >= 15 is 0 Å². The van der Waals surface area contributed by atoms with Gasteiger partial charge >= 0.3 is 0 Å². The summed E-state index contributed by atoms with van der Waals surface area (Å²) in [5, 5.41) is 2.89. The molecule has 1 amide bonds. The number of hydrogen-bond donors (Lipinski definition) is 2. The molecule has 1 aliphatic rings. The van der Waals surface area contributed by atoms with E-state index in [0.717, 1.165) is 35.5 Å². The highest BCUT2D eigenvalue weighted by atomic mass is 16.2. The third kappa shape index (κ3) is 4.42. The zero-order valence-corrected chi connectivity index (χ0v) is 16.4. The van der Waals surface area contributed by atoms with Crippen LogP contribution in [0.15, 0.2) is 48.7 Å². The summed E-state index contributed by atoms with van der Waals surface area (Å²) in [5.74, 6) is 0.626. The highest BCUT2D eigenvalue weighted by Gasteiger charge is 2.26. The lowest BCUT2D eigenvalue weighted by atomic mass is 10.0. The Morgan fingerprint density at radius 3 is 2.72 bits per heavy atom. The fraction of sp³-hybridized carbons (Fsp3) is 0.304. The van der Waals surface area contributed by atoms with Gasteiger partial charge in [0, 0.05) is 30.5 Å². The molecule has 0 radical (unpaired) electrons. The first-order chi connectivity index (χ1) is 14.1. The van der Waals surface area contributed by atoms with Crippen molar-refractivity contribution in [1.82, 2.24) is 20.3 Å². The quantitative estimate of drug-likeness (QED) is 0.672. The zero-order valence-electron chi connectivity index (χ0n) is 16.4. The molecule has 3 aromatic rings. The van der Waals surface area contributed by atoms with Crippen molar-refractivity contribution in [3.8, 4) is 22.6 Å². The largest absolute Gasteiger partial charge is 0.349 e. The number of Topliss-reactive ketones (excluding diaryl/α,β-unsaturated/α-hetero) is 1. The number of benzene rings is 1. The number of imidazole rings is 1. The minimum absolute atomic E-state index is 0.113. The van der Waals surface area contributed by atoms with Gasteiger partial charge < -0.3 is 10.3 Å². The lowest BCUT2D eigenvalue weighted by molar-refractivity contribution is -0.127. The fourth-order valence-corrected chi connectivity index (χ4v) is 3.70. The summed E-state index contributed by atoms with van der Waals surface area (Å²) in [6.45, 7) is 2.33. The van der Waals surface area contributed by atoms with Crippen LogP contribution in [0.5, 0.6) is 0 Å². The number of nitrogens with zero attached hydrogens (tertiary/aromatic N) is 2. The summed E-state index contributed by atoms with van der Waals surface area (Å²) >= 11 is 0. The molecule has 0 aliphatic heterocycles. The van der Waals surface area contributed by atoms with E-state index in [1.807, 2.05) is 49.4 Å². The van der Waals surface area contributed by atoms with Gasteiger partial charge in [0.15, 0.2) is 0 Å². The molecule has 0 bridgehead atoms. The second kappa shape index (κ2) is 8.39. The topological polar surface area (TPSA) is 87.7 Å². The monoisotopic (exact) mass is 388 g/mol. The minimum Gasteiger partial charge on any atom is -0.349 e. The number of ketones is 1. The van der Waals surface area contributed by atoms with E-state index < -0.39 is 0 Å². The molecule has 4 rings (SSSR count). The third-order valence-corrected chi connectivity index (χ3v) is 5.31. The Morgan fingerprint density at radius 1 is 1.21 bits per heavy atom. The molecule has 1 aromatic carbocycles. The van der Waals surface area contributed by atoms with Crippen molar-refractivity contribution in [2.45, 2.75) is 39.2 Å². The van der Waals surface area contributed by atoms with Gasteiger partial charge in [0.2, 0.25) is 5.91 Å². The SMILES string of the molecule is Cc1ccc(-c2nc(CNC(=O)C[C@H]3CCCC3=O)[nH]c2-c2ccccn2)cc1. The highest BCUT2D eigenvalue weighted by molar-refractivity contribution is 5.88. The number of carbonyl (C=O) groups excluding carboxylic acids is 2. The number of nitrogens with one attached hydrogen (secondary N) is 2. The van der Waals surface area contributed by atoms with Crippen molar-refractivity contribution >= 4 is 11.7 Å². The van der Waals surface area contributed by atoms with Gasteiger partial charge in [0.05, 0.1) is 23.6 Å². The molecule has 1 atom stereocenters. The molecule has 1 aliphatic carbocycles. The van der Waals surface area contributed by atoms with Crippen LogP contribution in [0.4, 0.5) is 0 Å². The van der Waals surface area contributed by atoms with Crippen LogP contribution >= 0.6 is 0 Å². The first-order valence-electron chi connectivity index (χ1n) is 9.97. The van der Waals surface area contributed by atoms with Crippen LogP contribution in [0, 0.1) is 12.8 Å². The van der Waals surface area contributed by atoms with Crippen LogP contribution in [0.2, 0.25) is 0 Å². The van der Waals surface area contributed by atoms with Gasteiger partial charge in [-0.05, 0) is 31.9 Å². The number of pyridine rings is 1. The van der Waals surface area contributed by atoms with E-state index in [1.165, 1.54) is 5.56 Å².